The van der Waals surface area contributed by atoms with Crippen LogP contribution >= 0.6 is 23.2 Å². The van der Waals surface area contributed by atoms with E-state index in [4.69, 9.17) is 23.2 Å². The monoisotopic (exact) mass is 314 g/mol. The van der Waals surface area contributed by atoms with Crippen LogP contribution in [0.4, 0.5) is 15.8 Å². The van der Waals surface area contributed by atoms with E-state index in [1.165, 1.54) is 12.1 Å². The Balaban J connectivity index is 2.24. The van der Waals surface area contributed by atoms with Crippen LogP contribution in [0.1, 0.15) is 5.56 Å². The normalized spacial score (nSPS) is 10.3. The quantitative estimate of drug-likeness (QED) is 0.660. The molecule has 0 amide bonds. The average molecular weight is 315 g/mol. The molecule has 0 saturated carbocycles. The highest BCUT2D eigenvalue weighted by Gasteiger charge is 2.17. The maximum absolute atomic E-state index is 13.9. The largest absolute Gasteiger partial charge is 0.378 e. The Kier molecular flexibility index (Phi) is 4.42. The Labute approximate surface area is 124 Å². The molecule has 4 nitrogen and oxygen atoms in total. The van der Waals surface area contributed by atoms with Gasteiger partial charge in [-0.25, -0.2) is 0 Å². The first-order valence-electron chi connectivity index (χ1n) is 5.60. The summed E-state index contributed by atoms with van der Waals surface area (Å²) in [5.74, 6) is -0.867. The van der Waals surface area contributed by atoms with Crippen molar-refractivity contribution in [2.24, 2.45) is 0 Å². The van der Waals surface area contributed by atoms with Crippen molar-refractivity contribution in [1.29, 1.82) is 0 Å². The Bertz CT molecular complexity index is 645. The molecule has 1 N–H and O–H groups in total. The summed E-state index contributed by atoms with van der Waals surface area (Å²) in [5.41, 5.74) is 0.0616. The minimum absolute atomic E-state index is 0.0387. The summed E-state index contributed by atoms with van der Waals surface area (Å²) in [5, 5.41) is 14.3. The zero-order chi connectivity index (χ0) is 14.7. The van der Waals surface area contributed by atoms with Gasteiger partial charge in [-0.2, -0.15) is 4.39 Å². The fraction of sp³-hybridized carbons (Fsp3) is 0.0769. The van der Waals surface area contributed by atoms with Crippen molar-refractivity contribution in [3.05, 3.63) is 67.9 Å². The van der Waals surface area contributed by atoms with E-state index in [1.54, 1.807) is 18.2 Å². The highest BCUT2D eigenvalue weighted by Crippen LogP contribution is 2.30. The Morgan fingerprint density at radius 3 is 2.35 bits per heavy atom. The molecule has 7 heteroatoms. The summed E-state index contributed by atoms with van der Waals surface area (Å²) in [7, 11) is 0. The highest BCUT2D eigenvalue weighted by molar-refractivity contribution is 6.39. The number of nitro groups is 1. The molecule has 0 aliphatic rings. The van der Waals surface area contributed by atoms with E-state index in [0.717, 1.165) is 6.07 Å². The van der Waals surface area contributed by atoms with Crippen LogP contribution in [0.25, 0.3) is 0 Å². The lowest BCUT2D eigenvalue weighted by Gasteiger charge is -2.10. The van der Waals surface area contributed by atoms with E-state index in [-0.39, 0.29) is 12.1 Å². The number of benzene rings is 2. The van der Waals surface area contributed by atoms with Crippen molar-refractivity contribution in [3.63, 3.8) is 0 Å². The zero-order valence-corrected chi connectivity index (χ0v) is 11.6. The molecule has 0 radical (unpaired) electrons. The van der Waals surface area contributed by atoms with Crippen molar-refractivity contribution < 1.29 is 9.31 Å². The van der Waals surface area contributed by atoms with Gasteiger partial charge in [0.15, 0.2) is 0 Å². The van der Waals surface area contributed by atoms with Crippen LogP contribution < -0.4 is 5.32 Å². The van der Waals surface area contributed by atoms with Gasteiger partial charge in [0.1, 0.15) is 0 Å². The van der Waals surface area contributed by atoms with Crippen LogP contribution in [0.15, 0.2) is 36.4 Å². The number of nitro benzene ring substituents is 1. The summed E-state index contributed by atoms with van der Waals surface area (Å²) in [4.78, 5) is 9.90. The minimum Gasteiger partial charge on any atom is -0.378 e. The first-order chi connectivity index (χ1) is 9.50. The second-order valence-corrected chi connectivity index (χ2v) is 4.77. The molecular weight excluding hydrogens is 306 g/mol. The van der Waals surface area contributed by atoms with Gasteiger partial charge in [0.05, 0.1) is 20.7 Å². The molecule has 104 valence electrons. The first-order valence-corrected chi connectivity index (χ1v) is 6.36. The molecule has 0 atom stereocenters. The van der Waals surface area contributed by atoms with Crippen LogP contribution in [0.3, 0.4) is 0 Å². The van der Waals surface area contributed by atoms with E-state index in [0.29, 0.717) is 15.7 Å². The number of halogens is 3. The number of anilines is 1. The predicted octanol–water partition coefficient (Wildman–Crippen LogP) is 4.65. The molecule has 2 rings (SSSR count). The van der Waals surface area contributed by atoms with Crippen molar-refractivity contribution in [3.8, 4) is 0 Å². The van der Waals surface area contributed by atoms with E-state index in [9.17, 15) is 14.5 Å². The molecule has 2 aromatic rings. The molecule has 0 saturated heterocycles. The molecule has 0 spiro atoms. The van der Waals surface area contributed by atoms with Crippen LogP contribution in [-0.4, -0.2) is 4.92 Å². The molecule has 0 aliphatic heterocycles. The number of nitrogens with zero attached hydrogens (tertiary/aromatic N) is 1. The number of para-hydroxylation sites is 1. The number of hydrogen-bond donors (Lipinski definition) is 1. The smallest absolute Gasteiger partial charge is 0.305 e. The Hall–Kier alpha value is -1.85. The highest BCUT2D eigenvalue weighted by atomic mass is 35.5. The number of hydrogen-bond acceptors (Lipinski definition) is 3. The number of rotatable bonds is 4. The molecule has 0 aliphatic carbocycles. The zero-order valence-electron chi connectivity index (χ0n) is 10.1. The first kappa shape index (κ1) is 14.6. The molecule has 0 bridgehead atoms. The van der Waals surface area contributed by atoms with Gasteiger partial charge in [0.2, 0.25) is 5.82 Å². The summed E-state index contributed by atoms with van der Waals surface area (Å²) in [6, 6.07) is 8.96. The van der Waals surface area contributed by atoms with Gasteiger partial charge in [0.25, 0.3) is 0 Å². The third-order valence-electron chi connectivity index (χ3n) is 2.67. The molecule has 0 unspecified atom stereocenters. The fourth-order valence-electron chi connectivity index (χ4n) is 1.69. The van der Waals surface area contributed by atoms with Crippen LogP contribution in [0.5, 0.6) is 0 Å². The van der Waals surface area contributed by atoms with Crippen molar-refractivity contribution >= 4 is 34.6 Å². The minimum atomic E-state index is -0.867. The van der Waals surface area contributed by atoms with Gasteiger partial charge in [-0.1, -0.05) is 41.4 Å². The topological polar surface area (TPSA) is 55.2 Å². The van der Waals surface area contributed by atoms with Crippen LogP contribution in [0, 0.1) is 15.9 Å². The average Bonchev–Trinajstić information content (AvgIpc) is 2.39. The number of nitrogens with one attached hydrogen (secondary N) is 1. The second kappa shape index (κ2) is 6.07. The van der Waals surface area contributed by atoms with Crippen LogP contribution in [0.2, 0.25) is 10.0 Å². The van der Waals surface area contributed by atoms with Crippen LogP contribution in [-0.2, 0) is 6.54 Å². The lowest BCUT2D eigenvalue weighted by molar-refractivity contribution is -0.387. The van der Waals surface area contributed by atoms with E-state index in [1.807, 2.05) is 0 Å². The molecule has 0 aromatic heterocycles. The maximum atomic E-state index is 13.9. The lowest BCUT2D eigenvalue weighted by atomic mass is 10.2. The Morgan fingerprint density at radius 2 is 1.75 bits per heavy atom. The molecular formula is C13H9Cl2FN2O2. The second-order valence-electron chi connectivity index (χ2n) is 3.96. The standard InChI is InChI=1S/C13H9Cl2FN2O2/c14-9-4-2-5-10(15)13(9)17-7-8-3-1-6-11(12(8)16)18(19)20/h1-6,17H,7H2. The summed E-state index contributed by atoms with van der Waals surface area (Å²) >= 11 is 11.9. The lowest BCUT2D eigenvalue weighted by Crippen LogP contribution is -2.04. The molecule has 2 aromatic carbocycles. The van der Waals surface area contributed by atoms with Gasteiger partial charge >= 0.3 is 5.69 Å². The van der Waals surface area contributed by atoms with Crippen molar-refractivity contribution in [1.82, 2.24) is 0 Å². The van der Waals surface area contributed by atoms with E-state index in [2.05, 4.69) is 5.32 Å². The van der Waals surface area contributed by atoms with Gasteiger partial charge in [-0.05, 0) is 12.1 Å². The van der Waals surface area contributed by atoms with E-state index < -0.39 is 16.4 Å². The van der Waals surface area contributed by atoms with Crippen molar-refractivity contribution in [2.75, 3.05) is 5.32 Å². The van der Waals surface area contributed by atoms with Gasteiger partial charge < -0.3 is 5.32 Å². The van der Waals surface area contributed by atoms with Gasteiger partial charge in [0, 0.05) is 18.2 Å². The fourth-order valence-corrected chi connectivity index (χ4v) is 2.23. The molecule has 0 heterocycles. The summed E-state index contributed by atoms with van der Waals surface area (Å²) in [6.45, 7) is 0.0387. The predicted molar refractivity (Wildman–Crippen MR) is 76.8 cm³/mol. The third kappa shape index (κ3) is 3.00. The van der Waals surface area contributed by atoms with Gasteiger partial charge in [-0.15, -0.1) is 0 Å². The summed E-state index contributed by atoms with van der Waals surface area (Å²) in [6.07, 6.45) is 0. The third-order valence-corrected chi connectivity index (χ3v) is 3.30. The molecule has 0 fully saturated rings. The van der Waals surface area contributed by atoms with Gasteiger partial charge in [-0.3, -0.25) is 10.1 Å². The Morgan fingerprint density at radius 1 is 1.15 bits per heavy atom. The SMILES string of the molecule is O=[N+]([O-])c1cccc(CNc2c(Cl)cccc2Cl)c1F. The van der Waals surface area contributed by atoms with Crippen molar-refractivity contribution in [2.45, 2.75) is 6.54 Å². The molecule has 20 heavy (non-hydrogen) atoms. The maximum Gasteiger partial charge on any atom is 0.305 e. The van der Waals surface area contributed by atoms with E-state index >= 15 is 0 Å². The summed E-state index contributed by atoms with van der Waals surface area (Å²) < 4.78 is 13.9.